The lowest BCUT2D eigenvalue weighted by Gasteiger charge is -2.30. The van der Waals surface area contributed by atoms with Crippen LogP contribution in [0.2, 0.25) is 0 Å². The highest BCUT2D eigenvalue weighted by atomic mass is 19.4. The minimum atomic E-state index is -4.84. The standard InChI is InChI=1S/C14H18F3N5O/c1-9-8-11(21-10(2)20-9)18-5-4-13(23,14(15,16)17)12-19-6-7-22(12)3/h6-8,23H,4-5H2,1-3H3,(H,18,20,21). The molecule has 0 amide bonds. The number of halogens is 3. The Morgan fingerprint density at radius 3 is 2.48 bits per heavy atom. The zero-order valence-electron chi connectivity index (χ0n) is 13.0. The minimum absolute atomic E-state index is 0.126. The molecule has 0 saturated carbocycles. The summed E-state index contributed by atoms with van der Waals surface area (Å²) in [5.41, 5.74) is -2.33. The average Bonchev–Trinajstić information content (AvgIpc) is 2.82. The predicted molar refractivity (Wildman–Crippen MR) is 77.8 cm³/mol. The van der Waals surface area contributed by atoms with E-state index in [9.17, 15) is 18.3 Å². The molecular formula is C14H18F3N5O. The maximum absolute atomic E-state index is 13.3. The SMILES string of the molecule is Cc1cc(NCCC(O)(c2nccn2C)C(F)(F)F)nc(C)n1. The van der Waals surface area contributed by atoms with E-state index in [1.165, 1.54) is 19.4 Å². The summed E-state index contributed by atoms with van der Waals surface area (Å²) in [4.78, 5) is 11.8. The third kappa shape index (κ3) is 3.61. The molecule has 0 aliphatic heterocycles. The first-order valence-corrected chi connectivity index (χ1v) is 6.96. The molecule has 126 valence electrons. The van der Waals surface area contributed by atoms with E-state index in [0.29, 0.717) is 17.3 Å². The van der Waals surface area contributed by atoms with Crippen molar-refractivity contribution in [1.29, 1.82) is 0 Å². The molecule has 2 aromatic heterocycles. The molecule has 0 aliphatic rings. The summed E-state index contributed by atoms with van der Waals surface area (Å²) in [5, 5.41) is 13.0. The van der Waals surface area contributed by atoms with Crippen LogP contribution in [0.3, 0.4) is 0 Å². The molecule has 2 aromatic rings. The Morgan fingerprint density at radius 2 is 1.96 bits per heavy atom. The molecular weight excluding hydrogens is 311 g/mol. The molecule has 2 heterocycles. The van der Waals surface area contributed by atoms with E-state index >= 15 is 0 Å². The van der Waals surface area contributed by atoms with Crippen molar-refractivity contribution in [3.05, 3.63) is 35.8 Å². The summed E-state index contributed by atoms with van der Waals surface area (Å²) in [6.45, 7) is 3.33. The maximum Gasteiger partial charge on any atom is 0.424 e. The Bertz CT molecular complexity index is 665. The van der Waals surface area contributed by atoms with E-state index in [0.717, 1.165) is 4.57 Å². The van der Waals surface area contributed by atoms with E-state index in [4.69, 9.17) is 0 Å². The second-order valence-corrected chi connectivity index (χ2v) is 5.34. The monoisotopic (exact) mass is 329 g/mol. The molecule has 6 nitrogen and oxygen atoms in total. The van der Waals surface area contributed by atoms with Crippen LogP contribution in [0, 0.1) is 13.8 Å². The summed E-state index contributed by atoms with van der Waals surface area (Å²) in [5.74, 6) is 0.490. The number of anilines is 1. The van der Waals surface area contributed by atoms with Crippen molar-refractivity contribution >= 4 is 5.82 Å². The summed E-state index contributed by atoms with van der Waals surface area (Å²) >= 11 is 0. The molecule has 0 fully saturated rings. The Morgan fingerprint density at radius 1 is 1.26 bits per heavy atom. The highest BCUT2D eigenvalue weighted by Gasteiger charge is 2.57. The molecule has 0 radical (unpaired) electrons. The first-order chi connectivity index (χ1) is 10.6. The number of imidazole rings is 1. The average molecular weight is 329 g/mol. The Balaban J connectivity index is 2.15. The third-order valence-electron chi connectivity index (χ3n) is 3.42. The molecule has 1 unspecified atom stereocenters. The fourth-order valence-corrected chi connectivity index (χ4v) is 2.32. The van der Waals surface area contributed by atoms with Gasteiger partial charge in [0.2, 0.25) is 5.60 Å². The zero-order valence-corrected chi connectivity index (χ0v) is 13.0. The Kier molecular flexibility index (Phi) is 4.60. The molecule has 9 heteroatoms. The number of aromatic nitrogens is 4. The van der Waals surface area contributed by atoms with Gasteiger partial charge in [-0.3, -0.25) is 0 Å². The second kappa shape index (κ2) is 6.15. The van der Waals surface area contributed by atoms with Crippen LogP contribution in [0.15, 0.2) is 18.5 Å². The summed E-state index contributed by atoms with van der Waals surface area (Å²) in [6, 6.07) is 1.63. The number of rotatable bonds is 5. The molecule has 1 atom stereocenters. The van der Waals surface area contributed by atoms with E-state index in [1.807, 2.05) is 0 Å². The van der Waals surface area contributed by atoms with Crippen molar-refractivity contribution in [3.8, 4) is 0 Å². The third-order valence-corrected chi connectivity index (χ3v) is 3.42. The quantitative estimate of drug-likeness (QED) is 0.878. The molecule has 0 saturated heterocycles. The van der Waals surface area contributed by atoms with Gasteiger partial charge in [0.1, 0.15) is 17.5 Å². The van der Waals surface area contributed by atoms with Crippen LogP contribution in [0.1, 0.15) is 23.8 Å². The van der Waals surface area contributed by atoms with Gasteiger partial charge in [-0.15, -0.1) is 0 Å². The topological polar surface area (TPSA) is 75.9 Å². The van der Waals surface area contributed by atoms with Crippen LogP contribution in [0.5, 0.6) is 0 Å². The molecule has 2 N–H and O–H groups in total. The van der Waals surface area contributed by atoms with Crippen molar-refractivity contribution in [2.45, 2.75) is 32.0 Å². The second-order valence-electron chi connectivity index (χ2n) is 5.34. The van der Waals surface area contributed by atoms with Gasteiger partial charge >= 0.3 is 6.18 Å². The fraction of sp³-hybridized carbons (Fsp3) is 0.500. The normalized spacial score (nSPS) is 14.6. The van der Waals surface area contributed by atoms with E-state index in [-0.39, 0.29) is 6.54 Å². The van der Waals surface area contributed by atoms with Crippen molar-refractivity contribution in [2.24, 2.45) is 7.05 Å². The van der Waals surface area contributed by atoms with E-state index in [1.54, 1.807) is 19.9 Å². The number of alkyl halides is 3. The van der Waals surface area contributed by atoms with Gasteiger partial charge < -0.3 is 15.0 Å². The number of hydrogen-bond donors (Lipinski definition) is 2. The van der Waals surface area contributed by atoms with Gasteiger partial charge in [-0.1, -0.05) is 0 Å². The first-order valence-electron chi connectivity index (χ1n) is 6.96. The van der Waals surface area contributed by atoms with Crippen LogP contribution in [-0.4, -0.2) is 37.3 Å². The van der Waals surface area contributed by atoms with Gasteiger partial charge in [0, 0.05) is 44.2 Å². The summed E-state index contributed by atoms with van der Waals surface area (Å²) < 4.78 is 41.2. The molecule has 0 spiro atoms. The van der Waals surface area contributed by atoms with Crippen molar-refractivity contribution in [3.63, 3.8) is 0 Å². The van der Waals surface area contributed by atoms with Gasteiger partial charge in [-0.25, -0.2) is 15.0 Å². The molecule has 0 aromatic carbocycles. The van der Waals surface area contributed by atoms with Crippen LogP contribution in [-0.2, 0) is 12.6 Å². The molecule has 0 aliphatic carbocycles. The first kappa shape index (κ1) is 17.2. The highest BCUT2D eigenvalue weighted by Crippen LogP contribution is 2.40. The number of nitrogens with zero attached hydrogens (tertiary/aromatic N) is 4. The lowest BCUT2D eigenvalue weighted by atomic mass is 9.97. The van der Waals surface area contributed by atoms with Gasteiger partial charge in [0.15, 0.2) is 0 Å². The molecule has 0 bridgehead atoms. The largest absolute Gasteiger partial charge is 0.424 e. The lowest BCUT2D eigenvalue weighted by Crippen LogP contribution is -2.45. The smallest absolute Gasteiger partial charge is 0.374 e. The van der Waals surface area contributed by atoms with Crippen LogP contribution >= 0.6 is 0 Å². The number of hydrogen-bond acceptors (Lipinski definition) is 5. The number of aryl methyl sites for hydroxylation is 3. The van der Waals surface area contributed by atoms with Gasteiger partial charge in [-0.2, -0.15) is 13.2 Å². The van der Waals surface area contributed by atoms with Crippen molar-refractivity contribution < 1.29 is 18.3 Å². The van der Waals surface area contributed by atoms with Crippen LogP contribution < -0.4 is 5.32 Å². The maximum atomic E-state index is 13.3. The minimum Gasteiger partial charge on any atom is -0.374 e. The number of nitrogens with one attached hydrogen (secondary N) is 1. The van der Waals surface area contributed by atoms with E-state index in [2.05, 4.69) is 20.3 Å². The lowest BCUT2D eigenvalue weighted by molar-refractivity contribution is -0.271. The van der Waals surface area contributed by atoms with Crippen molar-refractivity contribution in [1.82, 2.24) is 19.5 Å². The van der Waals surface area contributed by atoms with Gasteiger partial charge in [0.25, 0.3) is 0 Å². The van der Waals surface area contributed by atoms with Crippen molar-refractivity contribution in [2.75, 3.05) is 11.9 Å². The van der Waals surface area contributed by atoms with Crippen LogP contribution in [0.4, 0.5) is 19.0 Å². The van der Waals surface area contributed by atoms with Crippen LogP contribution in [0.25, 0.3) is 0 Å². The predicted octanol–water partition coefficient (Wildman–Crippen LogP) is 2.08. The van der Waals surface area contributed by atoms with Gasteiger partial charge in [0.05, 0.1) is 0 Å². The fourth-order valence-electron chi connectivity index (χ4n) is 2.32. The summed E-state index contributed by atoms with van der Waals surface area (Å²) in [7, 11) is 1.41. The van der Waals surface area contributed by atoms with E-state index < -0.39 is 24.0 Å². The summed E-state index contributed by atoms with van der Waals surface area (Å²) in [6.07, 6.45) is -2.86. The highest BCUT2D eigenvalue weighted by molar-refractivity contribution is 5.35. The molecule has 2 rings (SSSR count). The zero-order chi connectivity index (χ0) is 17.3. The Labute approximate surface area is 131 Å². The Hall–Kier alpha value is -2.16. The number of aliphatic hydroxyl groups is 1. The molecule has 23 heavy (non-hydrogen) atoms. The van der Waals surface area contributed by atoms with Gasteiger partial charge in [-0.05, 0) is 13.8 Å².